The molecule has 0 amide bonds. The standard InChI is InChI=1S/C18H29N5O2/c1-20-16-12-3-2-4-13(12)21-17(22-16)23-8-5-18(6-9-23)14(24)11-15(18)25-10-7-19/h14-15,24H,2-11,19H2,1H3,(H,20,21,22)/t14-,15+/m1/s1. The highest BCUT2D eigenvalue weighted by Gasteiger charge is 2.56. The van der Waals surface area contributed by atoms with Crippen LogP contribution in [0.5, 0.6) is 0 Å². The molecule has 2 aliphatic carbocycles. The molecule has 1 saturated carbocycles. The van der Waals surface area contributed by atoms with Crippen LogP contribution in [0.1, 0.15) is 36.9 Å². The van der Waals surface area contributed by atoms with Crippen molar-refractivity contribution in [3.63, 3.8) is 0 Å². The Morgan fingerprint density at radius 3 is 2.80 bits per heavy atom. The number of aliphatic hydroxyl groups is 1. The number of aromatic nitrogens is 2. The van der Waals surface area contributed by atoms with Crippen LogP contribution >= 0.6 is 0 Å². The SMILES string of the molecule is CNc1nc(N2CCC3(CC2)[C@H](O)C[C@@H]3OCCN)nc2c1CCC2. The molecule has 2 heterocycles. The number of nitrogens with two attached hydrogens (primary N) is 1. The lowest BCUT2D eigenvalue weighted by Crippen LogP contribution is -2.62. The third kappa shape index (κ3) is 2.78. The highest BCUT2D eigenvalue weighted by atomic mass is 16.5. The zero-order chi connectivity index (χ0) is 17.4. The summed E-state index contributed by atoms with van der Waals surface area (Å²) >= 11 is 0. The van der Waals surface area contributed by atoms with E-state index in [2.05, 4.69) is 10.2 Å². The molecule has 1 aromatic heterocycles. The Kier molecular flexibility index (Phi) is 4.56. The number of aliphatic hydroxyl groups excluding tert-OH is 1. The maximum absolute atomic E-state index is 10.4. The number of aryl methyl sites for hydroxylation is 1. The number of hydrogen-bond donors (Lipinski definition) is 3. The first-order valence-corrected chi connectivity index (χ1v) is 9.50. The number of nitrogens with one attached hydrogen (secondary N) is 1. The molecule has 2 fully saturated rings. The molecule has 0 unspecified atom stereocenters. The Hall–Kier alpha value is -1.44. The summed E-state index contributed by atoms with van der Waals surface area (Å²) in [7, 11) is 1.93. The normalized spacial score (nSPS) is 27.2. The van der Waals surface area contributed by atoms with Crippen molar-refractivity contribution in [1.29, 1.82) is 0 Å². The maximum Gasteiger partial charge on any atom is 0.227 e. The number of anilines is 2. The van der Waals surface area contributed by atoms with E-state index in [1.807, 2.05) is 7.05 Å². The highest BCUT2D eigenvalue weighted by Crippen LogP contribution is 2.51. The lowest BCUT2D eigenvalue weighted by atomic mass is 9.58. The summed E-state index contributed by atoms with van der Waals surface area (Å²) in [5.41, 5.74) is 7.94. The summed E-state index contributed by atoms with van der Waals surface area (Å²) in [6.45, 7) is 2.83. The van der Waals surface area contributed by atoms with Gasteiger partial charge in [0, 0.05) is 44.1 Å². The lowest BCUT2D eigenvalue weighted by molar-refractivity contribution is -0.200. The minimum Gasteiger partial charge on any atom is -0.392 e. The highest BCUT2D eigenvalue weighted by molar-refractivity contribution is 5.53. The van der Waals surface area contributed by atoms with Crippen molar-refractivity contribution >= 4 is 11.8 Å². The van der Waals surface area contributed by atoms with Gasteiger partial charge in [0.1, 0.15) is 5.82 Å². The molecule has 0 radical (unpaired) electrons. The fourth-order valence-electron chi connectivity index (χ4n) is 4.72. The minimum atomic E-state index is -0.258. The van der Waals surface area contributed by atoms with E-state index in [9.17, 15) is 5.11 Å². The van der Waals surface area contributed by atoms with Gasteiger partial charge in [-0.05, 0) is 32.1 Å². The van der Waals surface area contributed by atoms with Crippen LogP contribution in [0.25, 0.3) is 0 Å². The van der Waals surface area contributed by atoms with Gasteiger partial charge < -0.3 is 25.8 Å². The molecule has 0 bridgehead atoms. The Morgan fingerprint density at radius 2 is 2.12 bits per heavy atom. The molecule has 138 valence electrons. The van der Waals surface area contributed by atoms with E-state index >= 15 is 0 Å². The van der Waals surface area contributed by atoms with E-state index in [4.69, 9.17) is 20.4 Å². The van der Waals surface area contributed by atoms with Gasteiger partial charge >= 0.3 is 0 Å². The summed E-state index contributed by atoms with van der Waals surface area (Å²) in [4.78, 5) is 11.8. The summed E-state index contributed by atoms with van der Waals surface area (Å²) in [5, 5.41) is 13.6. The first-order valence-electron chi connectivity index (χ1n) is 9.50. The first-order chi connectivity index (χ1) is 12.2. The summed E-state index contributed by atoms with van der Waals surface area (Å²) in [5.74, 6) is 1.80. The number of piperidine rings is 1. The van der Waals surface area contributed by atoms with Crippen LogP contribution in [0.4, 0.5) is 11.8 Å². The van der Waals surface area contributed by atoms with Gasteiger partial charge in [0.15, 0.2) is 0 Å². The van der Waals surface area contributed by atoms with Gasteiger partial charge in [-0.1, -0.05) is 0 Å². The van der Waals surface area contributed by atoms with Crippen molar-refractivity contribution < 1.29 is 9.84 Å². The average molecular weight is 347 g/mol. The van der Waals surface area contributed by atoms with Crippen molar-refractivity contribution in [3.8, 4) is 0 Å². The van der Waals surface area contributed by atoms with Crippen LogP contribution in [-0.2, 0) is 17.6 Å². The van der Waals surface area contributed by atoms with E-state index in [0.29, 0.717) is 13.2 Å². The van der Waals surface area contributed by atoms with Crippen LogP contribution < -0.4 is 16.0 Å². The van der Waals surface area contributed by atoms with Gasteiger partial charge in [-0.2, -0.15) is 4.98 Å². The third-order valence-corrected chi connectivity index (χ3v) is 6.31. The van der Waals surface area contributed by atoms with Crippen LogP contribution in [0.15, 0.2) is 0 Å². The Bertz CT molecular complexity index is 630. The Morgan fingerprint density at radius 1 is 1.32 bits per heavy atom. The molecule has 4 rings (SSSR count). The lowest BCUT2D eigenvalue weighted by Gasteiger charge is -2.56. The molecule has 7 nitrogen and oxygen atoms in total. The number of ether oxygens (including phenoxy) is 1. The molecule has 0 aromatic carbocycles. The van der Waals surface area contributed by atoms with Gasteiger partial charge in [-0.15, -0.1) is 0 Å². The molecule has 25 heavy (non-hydrogen) atoms. The van der Waals surface area contributed by atoms with Crippen LogP contribution in [0.3, 0.4) is 0 Å². The smallest absolute Gasteiger partial charge is 0.227 e. The number of rotatable bonds is 5. The van der Waals surface area contributed by atoms with Gasteiger partial charge in [0.05, 0.1) is 24.5 Å². The summed E-state index contributed by atoms with van der Waals surface area (Å²) in [6.07, 6.45) is 5.73. The molecular weight excluding hydrogens is 318 g/mol. The van der Waals surface area contributed by atoms with Gasteiger partial charge in [-0.25, -0.2) is 4.98 Å². The molecule has 1 aliphatic heterocycles. The third-order valence-electron chi connectivity index (χ3n) is 6.31. The van der Waals surface area contributed by atoms with Crippen molar-refractivity contribution in [2.24, 2.45) is 11.1 Å². The predicted octanol–water partition coefficient (Wildman–Crippen LogP) is 0.702. The summed E-state index contributed by atoms with van der Waals surface area (Å²) < 4.78 is 5.88. The molecule has 1 aromatic rings. The largest absolute Gasteiger partial charge is 0.392 e. The van der Waals surface area contributed by atoms with Gasteiger partial charge in [0.25, 0.3) is 0 Å². The van der Waals surface area contributed by atoms with Crippen LogP contribution in [0.2, 0.25) is 0 Å². The fourth-order valence-corrected chi connectivity index (χ4v) is 4.72. The van der Waals surface area contributed by atoms with Crippen LogP contribution in [-0.4, -0.2) is 60.6 Å². The zero-order valence-electron chi connectivity index (χ0n) is 15.0. The maximum atomic E-state index is 10.4. The van der Waals surface area contributed by atoms with Crippen molar-refractivity contribution in [2.75, 3.05) is 43.5 Å². The second-order valence-electron chi connectivity index (χ2n) is 7.52. The van der Waals surface area contributed by atoms with Gasteiger partial charge in [0.2, 0.25) is 5.95 Å². The predicted molar refractivity (Wildman–Crippen MR) is 96.9 cm³/mol. The zero-order valence-corrected chi connectivity index (χ0v) is 15.0. The first kappa shape index (κ1) is 17.0. The summed E-state index contributed by atoms with van der Waals surface area (Å²) in [6, 6.07) is 0. The minimum absolute atomic E-state index is 0.103. The topological polar surface area (TPSA) is 96.5 Å². The van der Waals surface area contributed by atoms with E-state index in [-0.39, 0.29) is 17.6 Å². The second kappa shape index (κ2) is 6.70. The van der Waals surface area contributed by atoms with Crippen LogP contribution in [0, 0.1) is 5.41 Å². The van der Waals surface area contributed by atoms with E-state index in [0.717, 1.165) is 63.4 Å². The molecular formula is C18H29N5O2. The monoisotopic (exact) mass is 347 g/mol. The molecule has 3 aliphatic rings. The van der Waals surface area contributed by atoms with E-state index < -0.39 is 0 Å². The van der Waals surface area contributed by atoms with Crippen molar-refractivity contribution in [3.05, 3.63) is 11.3 Å². The molecule has 1 saturated heterocycles. The van der Waals surface area contributed by atoms with Gasteiger partial charge in [-0.3, -0.25) is 0 Å². The number of nitrogens with zero attached hydrogens (tertiary/aromatic N) is 3. The molecule has 1 spiro atoms. The Labute approximate surface area is 149 Å². The molecule has 7 heteroatoms. The van der Waals surface area contributed by atoms with Crippen molar-refractivity contribution in [1.82, 2.24) is 9.97 Å². The Balaban J connectivity index is 1.47. The van der Waals surface area contributed by atoms with E-state index in [1.54, 1.807) is 0 Å². The molecule has 2 atom stereocenters. The fraction of sp³-hybridized carbons (Fsp3) is 0.778. The quantitative estimate of drug-likeness (QED) is 0.721. The van der Waals surface area contributed by atoms with E-state index in [1.165, 1.54) is 11.3 Å². The molecule has 4 N–H and O–H groups in total. The number of hydrogen-bond acceptors (Lipinski definition) is 7. The van der Waals surface area contributed by atoms with Crippen molar-refractivity contribution in [2.45, 2.75) is 50.7 Å². The second-order valence-corrected chi connectivity index (χ2v) is 7.52. The number of fused-ring (bicyclic) bond motifs is 1. The average Bonchev–Trinajstić information content (AvgIpc) is 3.13.